The van der Waals surface area contributed by atoms with Crippen LogP contribution in [-0.2, 0) is 11.3 Å². The van der Waals surface area contributed by atoms with Crippen molar-refractivity contribution in [1.29, 1.82) is 0 Å². The van der Waals surface area contributed by atoms with Crippen molar-refractivity contribution >= 4 is 22.9 Å². The molecule has 0 aliphatic heterocycles. The Morgan fingerprint density at radius 2 is 2.25 bits per heavy atom. The Bertz CT molecular complexity index is 915. The first-order valence-corrected chi connectivity index (χ1v) is 8.09. The van der Waals surface area contributed by atoms with E-state index in [1.165, 1.54) is 23.5 Å². The van der Waals surface area contributed by atoms with Gasteiger partial charge in [0.1, 0.15) is 5.82 Å². The van der Waals surface area contributed by atoms with Gasteiger partial charge in [0.05, 0.1) is 17.1 Å². The van der Waals surface area contributed by atoms with Gasteiger partial charge in [-0.2, -0.15) is 4.68 Å². The van der Waals surface area contributed by atoms with Gasteiger partial charge in [0, 0.05) is 6.42 Å². The highest BCUT2D eigenvalue weighted by atomic mass is 32.1. The molecule has 6 nitrogen and oxygen atoms in total. The van der Waals surface area contributed by atoms with Gasteiger partial charge in [-0.25, -0.2) is 9.18 Å². The number of halogens is 1. The summed E-state index contributed by atoms with van der Waals surface area (Å²) in [6.45, 7) is 1.81. The number of nitrogens with one attached hydrogen (secondary N) is 1. The summed E-state index contributed by atoms with van der Waals surface area (Å²) in [5.41, 5.74) is 0.873. The van der Waals surface area contributed by atoms with E-state index in [1.807, 2.05) is 11.4 Å². The molecule has 1 amide bonds. The van der Waals surface area contributed by atoms with Crippen LogP contribution in [0.3, 0.4) is 0 Å². The van der Waals surface area contributed by atoms with Gasteiger partial charge in [-0.3, -0.25) is 4.79 Å². The van der Waals surface area contributed by atoms with Crippen LogP contribution in [-0.4, -0.2) is 15.7 Å². The minimum atomic E-state index is -0.632. The second-order valence-electron chi connectivity index (χ2n) is 5.16. The van der Waals surface area contributed by atoms with E-state index in [-0.39, 0.29) is 24.5 Å². The Labute approximate surface area is 140 Å². The van der Waals surface area contributed by atoms with E-state index in [1.54, 1.807) is 19.1 Å². The predicted octanol–water partition coefficient (Wildman–Crippen LogP) is 3.04. The average molecular weight is 347 g/mol. The molecule has 0 saturated heterocycles. The minimum Gasteiger partial charge on any atom is -0.387 e. The van der Waals surface area contributed by atoms with E-state index in [0.29, 0.717) is 0 Å². The zero-order valence-corrected chi connectivity index (χ0v) is 13.6. The Morgan fingerprint density at radius 1 is 1.42 bits per heavy atom. The summed E-state index contributed by atoms with van der Waals surface area (Å²) in [6.07, 6.45) is -0.0242. The number of carbonyl (C=O) groups is 1. The van der Waals surface area contributed by atoms with Crippen LogP contribution in [0, 0.1) is 12.7 Å². The zero-order chi connectivity index (χ0) is 17.1. The van der Waals surface area contributed by atoms with Crippen molar-refractivity contribution in [2.24, 2.45) is 0 Å². The first-order valence-electron chi connectivity index (χ1n) is 7.21. The lowest BCUT2D eigenvalue weighted by Gasteiger charge is -2.06. The molecule has 0 saturated carbocycles. The lowest BCUT2D eigenvalue weighted by atomic mass is 10.2. The lowest BCUT2D eigenvalue weighted by Crippen LogP contribution is -2.21. The van der Waals surface area contributed by atoms with Crippen LogP contribution in [0.1, 0.15) is 12.0 Å². The summed E-state index contributed by atoms with van der Waals surface area (Å²) in [5.74, 6) is -1.32. The van der Waals surface area contributed by atoms with E-state index in [9.17, 15) is 14.0 Å². The second kappa shape index (κ2) is 6.79. The molecule has 2 aromatic heterocycles. The summed E-state index contributed by atoms with van der Waals surface area (Å²) >= 11 is 1.40. The standard InChI is InChI=1S/C16H14FN3O3S/c1-10-4-5-12(11(17)9-10)18-14(21)6-7-20-16(22)23-15(19-20)13-3-2-8-24-13/h2-5,8-9H,6-7H2,1H3,(H,18,21). The fourth-order valence-electron chi connectivity index (χ4n) is 2.09. The molecular formula is C16H14FN3O3S. The molecule has 0 unspecified atom stereocenters. The van der Waals surface area contributed by atoms with Crippen LogP contribution < -0.4 is 11.1 Å². The van der Waals surface area contributed by atoms with Gasteiger partial charge < -0.3 is 9.73 Å². The van der Waals surface area contributed by atoms with Crippen LogP contribution >= 0.6 is 11.3 Å². The summed E-state index contributed by atoms with van der Waals surface area (Å²) < 4.78 is 19.8. The Hall–Kier alpha value is -2.74. The highest BCUT2D eigenvalue weighted by molar-refractivity contribution is 7.13. The summed E-state index contributed by atoms with van der Waals surface area (Å²) in [7, 11) is 0. The van der Waals surface area contributed by atoms with Crippen molar-refractivity contribution in [3.05, 3.63) is 57.6 Å². The number of hydrogen-bond acceptors (Lipinski definition) is 5. The van der Waals surface area contributed by atoms with Crippen molar-refractivity contribution < 1.29 is 13.6 Å². The van der Waals surface area contributed by atoms with Crippen LogP contribution in [0.15, 0.2) is 44.9 Å². The number of aryl methyl sites for hydroxylation is 2. The van der Waals surface area contributed by atoms with Gasteiger partial charge in [-0.05, 0) is 36.1 Å². The SMILES string of the molecule is Cc1ccc(NC(=O)CCn2nc(-c3cccs3)oc2=O)c(F)c1. The summed E-state index contributed by atoms with van der Waals surface area (Å²) in [5, 5.41) is 8.38. The fraction of sp³-hybridized carbons (Fsp3) is 0.188. The fourth-order valence-corrected chi connectivity index (χ4v) is 2.73. The Morgan fingerprint density at radius 3 is 2.96 bits per heavy atom. The average Bonchev–Trinajstić information content (AvgIpc) is 3.17. The number of hydrogen-bond donors (Lipinski definition) is 1. The molecule has 0 bridgehead atoms. The molecule has 0 atom stereocenters. The van der Waals surface area contributed by atoms with E-state index in [0.717, 1.165) is 15.1 Å². The normalized spacial score (nSPS) is 10.8. The van der Waals surface area contributed by atoms with Crippen LogP contribution in [0.4, 0.5) is 10.1 Å². The molecule has 1 N–H and O–H groups in total. The molecule has 0 aliphatic carbocycles. The summed E-state index contributed by atoms with van der Waals surface area (Å²) in [6, 6.07) is 8.15. The Balaban J connectivity index is 1.63. The minimum absolute atomic E-state index is 0.0242. The molecule has 24 heavy (non-hydrogen) atoms. The number of nitrogens with zero attached hydrogens (tertiary/aromatic N) is 2. The molecule has 0 fully saturated rings. The Kier molecular flexibility index (Phi) is 4.57. The number of thiophene rings is 1. The first kappa shape index (κ1) is 16.1. The molecule has 8 heteroatoms. The maximum Gasteiger partial charge on any atom is 0.437 e. The lowest BCUT2D eigenvalue weighted by molar-refractivity contribution is -0.116. The number of amides is 1. The first-order chi connectivity index (χ1) is 11.5. The molecule has 3 rings (SSSR count). The monoisotopic (exact) mass is 347 g/mol. The van der Waals surface area contributed by atoms with Gasteiger partial charge in [0.15, 0.2) is 0 Å². The molecule has 2 heterocycles. The topological polar surface area (TPSA) is 77.1 Å². The van der Waals surface area contributed by atoms with Crippen molar-refractivity contribution in [3.8, 4) is 10.8 Å². The molecule has 0 radical (unpaired) electrons. The molecule has 0 spiro atoms. The highest BCUT2D eigenvalue weighted by Gasteiger charge is 2.13. The second-order valence-corrected chi connectivity index (χ2v) is 6.10. The van der Waals surface area contributed by atoms with Gasteiger partial charge in [-0.15, -0.1) is 16.4 Å². The van der Waals surface area contributed by atoms with Crippen LogP contribution in [0.25, 0.3) is 10.8 Å². The van der Waals surface area contributed by atoms with E-state index >= 15 is 0 Å². The van der Waals surface area contributed by atoms with Gasteiger partial charge in [-0.1, -0.05) is 12.1 Å². The highest BCUT2D eigenvalue weighted by Crippen LogP contribution is 2.21. The van der Waals surface area contributed by atoms with Crippen molar-refractivity contribution in [3.63, 3.8) is 0 Å². The van der Waals surface area contributed by atoms with Gasteiger partial charge in [0.2, 0.25) is 5.91 Å². The van der Waals surface area contributed by atoms with Crippen LogP contribution in [0.2, 0.25) is 0 Å². The number of carbonyl (C=O) groups excluding carboxylic acids is 1. The van der Waals surface area contributed by atoms with Crippen molar-refractivity contribution in [2.45, 2.75) is 19.9 Å². The quantitative estimate of drug-likeness (QED) is 0.769. The zero-order valence-electron chi connectivity index (χ0n) is 12.8. The van der Waals surface area contributed by atoms with E-state index in [4.69, 9.17) is 4.42 Å². The third-order valence-corrected chi connectivity index (χ3v) is 4.15. The molecule has 1 aromatic carbocycles. The predicted molar refractivity (Wildman–Crippen MR) is 88.5 cm³/mol. The third-order valence-electron chi connectivity index (χ3n) is 3.29. The maximum atomic E-state index is 13.7. The summed E-state index contributed by atoms with van der Waals surface area (Å²) in [4.78, 5) is 24.4. The number of rotatable bonds is 5. The van der Waals surface area contributed by atoms with Crippen molar-refractivity contribution in [1.82, 2.24) is 9.78 Å². The molecule has 3 aromatic rings. The molecule has 124 valence electrons. The van der Waals surface area contributed by atoms with Gasteiger partial charge in [0.25, 0.3) is 5.89 Å². The maximum absolute atomic E-state index is 13.7. The van der Waals surface area contributed by atoms with Crippen LogP contribution in [0.5, 0.6) is 0 Å². The van der Waals surface area contributed by atoms with Gasteiger partial charge >= 0.3 is 5.76 Å². The molecular weight excluding hydrogens is 333 g/mol. The van der Waals surface area contributed by atoms with Crippen molar-refractivity contribution in [2.75, 3.05) is 5.32 Å². The largest absolute Gasteiger partial charge is 0.437 e. The molecule has 0 aliphatic rings. The number of benzene rings is 1. The van der Waals surface area contributed by atoms with E-state index < -0.39 is 17.5 Å². The van der Waals surface area contributed by atoms with E-state index in [2.05, 4.69) is 10.4 Å². The third kappa shape index (κ3) is 3.60. The number of aromatic nitrogens is 2. The smallest absolute Gasteiger partial charge is 0.387 e. The number of anilines is 1.